The summed E-state index contributed by atoms with van der Waals surface area (Å²) in [5, 5.41) is 0. The van der Waals surface area contributed by atoms with Gasteiger partial charge < -0.3 is 5.73 Å². The molecule has 0 bridgehead atoms. The van der Waals surface area contributed by atoms with Gasteiger partial charge in [-0.05, 0) is 30.4 Å². The van der Waals surface area contributed by atoms with E-state index in [9.17, 15) is 8.42 Å². The van der Waals surface area contributed by atoms with Gasteiger partial charge in [0.25, 0.3) is 0 Å². The molecule has 2 N–H and O–H groups in total. The molecule has 1 saturated carbocycles. The lowest BCUT2D eigenvalue weighted by Gasteiger charge is -2.21. The molecular formula is C14H18N2O2S. The van der Waals surface area contributed by atoms with Crippen molar-refractivity contribution in [1.82, 2.24) is 4.31 Å². The van der Waals surface area contributed by atoms with Crippen molar-refractivity contribution in [2.24, 2.45) is 11.7 Å². The number of sulfonamides is 1. The third-order valence-corrected chi connectivity index (χ3v) is 5.15. The average molecular weight is 278 g/mol. The summed E-state index contributed by atoms with van der Waals surface area (Å²) in [6.45, 7) is 0.811. The van der Waals surface area contributed by atoms with Gasteiger partial charge in [-0.15, -0.1) is 6.42 Å². The SMILES string of the molecule is C#CCN(CC1CC1)S(=O)(=O)c1ccccc1CN. The van der Waals surface area contributed by atoms with Crippen LogP contribution in [0.25, 0.3) is 0 Å². The maximum Gasteiger partial charge on any atom is 0.244 e. The molecule has 0 aromatic heterocycles. The van der Waals surface area contributed by atoms with Crippen LogP contribution >= 0.6 is 0 Å². The van der Waals surface area contributed by atoms with Crippen molar-refractivity contribution in [2.75, 3.05) is 13.1 Å². The van der Waals surface area contributed by atoms with Gasteiger partial charge in [-0.2, -0.15) is 4.31 Å². The normalized spacial score (nSPS) is 15.4. The molecule has 5 heteroatoms. The second kappa shape index (κ2) is 5.74. The van der Waals surface area contributed by atoms with Gasteiger partial charge in [-0.3, -0.25) is 0 Å². The van der Waals surface area contributed by atoms with Crippen LogP contribution in [-0.2, 0) is 16.6 Å². The van der Waals surface area contributed by atoms with Crippen LogP contribution in [0.15, 0.2) is 29.2 Å². The van der Waals surface area contributed by atoms with E-state index in [1.165, 1.54) is 4.31 Å². The minimum atomic E-state index is -3.55. The monoisotopic (exact) mass is 278 g/mol. The fourth-order valence-corrected chi connectivity index (χ4v) is 3.66. The summed E-state index contributed by atoms with van der Waals surface area (Å²) in [7, 11) is -3.55. The standard InChI is InChI=1S/C14H18N2O2S/c1-2-9-16(11-12-7-8-12)19(17,18)14-6-4-3-5-13(14)10-15/h1,3-6,12H,7-11,15H2. The highest BCUT2D eigenvalue weighted by atomic mass is 32.2. The maximum absolute atomic E-state index is 12.6. The Morgan fingerprint density at radius 1 is 1.37 bits per heavy atom. The molecule has 0 aliphatic heterocycles. The summed E-state index contributed by atoms with van der Waals surface area (Å²) < 4.78 is 26.7. The Morgan fingerprint density at radius 2 is 2.05 bits per heavy atom. The molecule has 0 spiro atoms. The summed E-state index contributed by atoms with van der Waals surface area (Å²) in [5.74, 6) is 2.88. The van der Waals surface area contributed by atoms with Crippen molar-refractivity contribution in [3.8, 4) is 12.3 Å². The van der Waals surface area contributed by atoms with Gasteiger partial charge in [0.15, 0.2) is 0 Å². The molecule has 0 amide bonds. The molecule has 0 saturated heterocycles. The topological polar surface area (TPSA) is 63.4 Å². The van der Waals surface area contributed by atoms with E-state index in [2.05, 4.69) is 5.92 Å². The van der Waals surface area contributed by atoms with Crippen LogP contribution in [0.5, 0.6) is 0 Å². The van der Waals surface area contributed by atoms with Gasteiger partial charge in [0.05, 0.1) is 11.4 Å². The summed E-state index contributed by atoms with van der Waals surface area (Å²) in [4.78, 5) is 0.272. The van der Waals surface area contributed by atoms with Crippen molar-refractivity contribution in [3.05, 3.63) is 29.8 Å². The molecule has 1 fully saturated rings. The van der Waals surface area contributed by atoms with E-state index in [1.807, 2.05) is 0 Å². The van der Waals surface area contributed by atoms with Gasteiger partial charge in [0.1, 0.15) is 0 Å². The molecule has 0 atom stereocenters. The molecule has 102 valence electrons. The highest BCUT2D eigenvalue weighted by molar-refractivity contribution is 7.89. The van der Waals surface area contributed by atoms with Gasteiger partial charge in [0.2, 0.25) is 10.0 Å². The van der Waals surface area contributed by atoms with E-state index in [1.54, 1.807) is 24.3 Å². The van der Waals surface area contributed by atoms with E-state index in [0.717, 1.165) is 12.8 Å². The van der Waals surface area contributed by atoms with Crippen LogP contribution in [0.4, 0.5) is 0 Å². The number of rotatable bonds is 6. The summed E-state index contributed by atoms with van der Waals surface area (Å²) in [6.07, 6.45) is 7.45. The summed E-state index contributed by atoms with van der Waals surface area (Å²) >= 11 is 0. The third kappa shape index (κ3) is 3.16. The largest absolute Gasteiger partial charge is 0.326 e. The predicted molar refractivity (Wildman–Crippen MR) is 74.6 cm³/mol. The first-order valence-corrected chi connectivity index (χ1v) is 7.75. The van der Waals surface area contributed by atoms with Crippen LogP contribution in [-0.4, -0.2) is 25.8 Å². The Kier molecular flexibility index (Phi) is 4.25. The number of hydrogen-bond acceptors (Lipinski definition) is 3. The molecular weight excluding hydrogens is 260 g/mol. The highest BCUT2D eigenvalue weighted by Crippen LogP contribution is 2.32. The van der Waals surface area contributed by atoms with E-state index >= 15 is 0 Å². The number of nitrogens with zero attached hydrogens (tertiary/aromatic N) is 1. The average Bonchev–Trinajstić information content (AvgIpc) is 3.22. The van der Waals surface area contributed by atoms with Gasteiger partial charge in [-0.1, -0.05) is 24.1 Å². The van der Waals surface area contributed by atoms with Crippen LogP contribution in [0, 0.1) is 18.3 Å². The van der Waals surface area contributed by atoms with E-state index in [-0.39, 0.29) is 18.0 Å². The lowest BCUT2D eigenvalue weighted by Crippen LogP contribution is -2.34. The Balaban J connectivity index is 2.35. The first kappa shape index (κ1) is 14.1. The van der Waals surface area contributed by atoms with Crippen molar-refractivity contribution in [1.29, 1.82) is 0 Å². The first-order valence-electron chi connectivity index (χ1n) is 6.31. The number of terminal acetylenes is 1. The zero-order chi connectivity index (χ0) is 13.9. The van der Waals surface area contributed by atoms with Crippen LogP contribution in [0.2, 0.25) is 0 Å². The highest BCUT2D eigenvalue weighted by Gasteiger charge is 2.32. The second-order valence-electron chi connectivity index (χ2n) is 4.76. The zero-order valence-corrected chi connectivity index (χ0v) is 11.6. The maximum atomic E-state index is 12.6. The smallest absolute Gasteiger partial charge is 0.244 e. The molecule has 0 heterocycles. The predicted octanol–water partition coefficient (Wildman–Crippen LogP) is 1.18. The van der Waals surface area contributed by atoms with Crippen LogP contribution < -0.4 is 5.73 Å². The first-order chi connectivity index (χ1) is 9.09. The molecule has 1 aliphatic carbocycles. The molecule has 4 nitrogen and oxygen atoms in total. The Bertz CT molecular complexity index is 586. The Labute approximate surface area is 114 Å². The zero-order valence-electron chi connectivity index (χ0n) is 10.7. The van der Waals surface area contributed by atoms with E-state index in [4.69, 9.17) is 12.2 Å². The molecule has 1 aromatic carbocycles. The molecule has 2 rings (SSSR count). The minimum Gasteiger partial charge on any atom is -0.326 e. The van der Waals surface area contributed by atoms with E-state index < -0.39 is 10.0 Å². The van der Waals surface area contributed by atoms with Gasteiger partial charge in [-0.25, -0.2) is 8.42 Å². The Morgan fingerprint density at radius 3 is 2.63 bits per heavy atom. The number of benzene rings is 1. The minimum absolute atomic E-state index is 0.109. The number of hydrogen-bond donors (Lipinski definition) is 1. The van der Waals surface area contributed by atoms with Gasteiger partial charge in [0, 0.05) is 13.1 Å². The van der Waals surface area contributed by atoms with Gasteiger partial charge >= 0.3 is 0 Å². The molecule has 0 unspecified atom stereocenters. The molecule has 0 radical (unpaired) electrons. The van der Waals surface area contributed by atoms with Crippen molar-refractivity contribution in [3.63, 3.8) is 0 Å². The second-order valence-corrected chi connectivity index (χ2v) is 6.66. The molecule has 19 heavy (non-hydrogen) atoms. The van der Waals surface area contributed by atoms with Crippen molar-refractivity contribution < 1.29 is 8.42 Å². The molecule has 1 aliphatic rings. The lowest BCUT2D eigenvalue weighted by molar-refractivity contribution is 0.429. The quantitative estimate of drug-likeness (QED) is 0.795. The van der Waals surface area contributed by atoms with E-state index in [0.29, 0.717) is 18.0 Å². The number of nitrogens with two attached hydrogens (primary N) is 1. The van der Waals surface area contributed by atoms with Crippen molar-refractivity contribution >= 4 is 10.0 Å². The summed E-state index contributed by atoms with van der Waals surface area (Å²) in [6, 6.07) is 6.82. The van der Waals surface area contributed by atoms with Crippen molar-refractivity contribution in [2.45, 2.75) is 24.3 Å². The van der Waals surface area contributed by atoms with Crippen LogP contribution in [0.1, 0.15) is 18.4 Å². The Hall–Kier alpha value is -1.35. The third-order valence-electron chi connectivity index (χ3n) is 3.24. The summed E-state index contributed by atoms with van der Waals surface area (Å²) in [5.41, 5.74) is 6.24. The fourth-order valence-electron chi connectivity index (χ4n) is 2.00. The molecule has 1 aromatic rings. The lowest BCUT2D eigenvalue weighted by atomic mass is 10.2. The fraction of sp³-hybridized carbons (Fsp3) is 0.429. The van der Waals surface area contributed by atoms with Crippen LogP contribution in [0.3, 0.4) is 0 Å².